The standard InChI is InChI=1S/C17H22FNO3/c1-12(8-14-4-3-5-15(18)9-14)17(21)22-11-16(20)19(2)10-13-6-7-13/h3-5,9,12-13H,6-8,10-11H2,1-2H3. The van der Waals surface area contributed by atoms with Gasteiger partial charge in [0, 0.05) is 13.6 Å². The van der Waals surface area contributed by atoms with Gasteiger partial charge in [0.2, 0.25) is 0 Å². The summed E-state index contributed by atoms with van der Waals surface area (Å²) < 4.78 is 18.2. The van der Waals surface area contributed by atoms with E-state index in [1.54, 1.807) is 31.0 Å². The second-order valence-corrected chi connectivity index (χ2v) is 6.06. The molecule has 0 saturated heterocycles. The summed E-state index contributed by atoms with van der Waals surface area (Å²) in [5.41, 5.74) is 0.738. The van der Waals surface area contributed by atoms with Crippen LogP contribution in [-0.2, 0) is 20.7 Å². The van der Waals surface area contributed by atoms with E-state index in [1.165, 1.54) is 25.0 Å². The Labute approximate surface area is 130 Å². The predicted molar refractivity (Wildman–Crippen MR) is 80.6 cm³/mol. The van der Waals surface area contributed by atoms with Crippen LogP contribution in [0.4, 0.5) is 4.39 Å². The number of carbonyl (C=O) groups is 2. The van der Waals surface area contributed by atoms with Gasteiger partial charge in [0.15, 0.2) is 6.61 Å². The first kappa shape index (κ1) is 16.5. The number of benzene rings is 1. The highest BCUT2D eigenvalue weighted by atomic mass is 19.1. The second-order valence-electron chi connectivity index (χ2n) is 6.06. The van der Waals surface area contributed by atoms with Crippen molar-refractivity contribution in [3.8, 4) is 0 Å². The average molecular weight is 307 g/mol. The lowest BCUT2D eigenvalue weighted by Crippen LogP contribution is -2.33. The molecule has 0 aliphatic heterocycles. The number of hydrogen-bond donors (Lipinski definition) is 0. The van der Waals surface area contributed by atoms with Crippen LogP contribution in [-0.4, -0.2) is 37.0 Å². The highest BCUT2D eigenvalue weighted by Crippen LogP contribution is 2.29. The molecule has 0 N–H and O–H groups in total. The number of hydrogen-bond acceptors (Lipinski definition) is 3. The maximum Gasteiger partial charge on any atom is 0.309 e. The molecule has 1 aliphatic carbocycles. The Bertz CT molecular complexity index is 542. The summed E-state index contributed by atoms with van der Waals surface area (Å²) in [6.07, 6.45) is 2.73. The van der Waals surface area contributed by atoms with Crippen LogP contribution in [0.25, 0.3) is 0 Å². The molecule has 0 heterocycles. The van der Waals surface area contributed by atoms with Crippen LogP contribution in [0.2, 0.25) is 0 Å². The first-order valence-corrected chi connectivity index (χ1v) is 7.60. The van der Waals surface area contributed by atoms with Crippen LogP contribution >= 0.6 is 0 Å². The van der Waals surface area contributed by atoms with E-state index in [4.69, 9.17) is 4.74 Å². The largest absolute Gasteiger partial charge is 0.455 e. The SMILES string of the molecule is CC(Cc1cccc(F)c1)C(=O)OCC(=O)N(C)CC1CC1. The minimum Gasteiger partial charge on any atom is -0.455 e. The molecule has 0 radical (unpaired) electrons. The zero-order valence-corrected chi connectivity index (χ0v) is 13.0. The number of amides is 1. The highest BCUT2D eigenvalue weighted by molar-refractivity contribution is 5.81. The fourth-order valence-electron chi connectivity index (χ4n) is 2.28. The molecule has 0 aromatic heterocycles. The molecule has 1 aliphatic rings. The van der Waals surface area contributed by atoms with Gasteiger partial charge < -0.3 is 9.64 Å². The smallest absolute Gasteiger partial charge is 0.309 e. The Morgan fingerprint density at radius 3 is 2.77 bits per heavy atom. The van der Waals surface area contributed by atoms with E-state index in [-0.39, 0.29) is 18.3 Å². The summed E-state index contributed by atoms with van der Waals surface area (Å²) in [4.78, 5) is 25.4. The molecule has 5 heteroatoms. The first-order valence-electron chi connectivity index (χ1n) is 7.60. The van der Waals surface area contributed by atoms with Gasteiger partial charge in [-0.05, 0) is 42.9 Å². The molecule has 22 heavy (non-hydrogen) atoms. The van der Waals surface area contributed by atoms with Crippen LogP contribution < -0.4 is 0 Å². The predicted octanol–water partition coefficient (Wildman–Crippen LogP) is 2.42. The molecule has 2 rings (SSSR count). The monoisotopic (exact) mass is 307 g/mol. The van der Waals surface area contributed by atoms with E-state index in [9.17, 15) is 14.0 Å². The van der Waals surface area contributed by atoms with Crippen LogP contribution in [0, 0.1) is 17.7 Å². The Balaban J connectivity index is 1.74. The maximum absolute atomic E-state index is 13.1. The zero-order chi connectivity index (χ0) is 16.1. The fourth-order valence-corrected chi connectivity index (χ4v) is 2.28. The number of ether oxygens (including phenoxy) is 1. The molecule has 1 unspecified atom stereocenters. The molecule has 120 valence electrons. The van der Waals surface area contributed by atoms with Gasteiger partial charge in [-0.3, -0.25) is 9.59 Å². The lowest BCUT2D eigenvalue weighted by atomic mass is 10.0. The Hall–Kier alpha value is -1.91. The molecule has 1 atom stereocenters. The van der Waals surface area contributed by atoms with Crippen molar-refractivity contribution in [2.24, 2.45) is 11.8 Å². The van der Waals surface area contributed by atoms with Crippen LogP contribution in [0.1, 0.15) is 25.3 Å². The molecule has 4 nitrogen and oxygen atoms in total. The van der Waals surface area contributed by atoms with E-state index in [1.807, 2.05) is 0 Å². The van der Waals surface area contributed by atoms with Crippen LogP contribution in [0.5, 0.6) is 0 Å². The Morgan fingerprint density at radius 1 is 1.41 bits per heavy atom. The molecule has 0 bridgehead atoms. The third-order valence-electron chi connectivity index (χ3n) is 3.83. The van der Waals surface area contributed by atoms with Crippen molar-refractivity contribution in [1.82, 2.24) is 4.90 Å². The number of carbonyl (C=O) groups excluding carboxylic acids is 2. The van der Waals surface area contributed by atoms with E-state index in [2.05, 4.69) is 0 Å². The van der Waals surface area contributed by atoms with Gasteiger partial charge >= 0.3 is 5.97 Å². The molecular formula is C17H22FNO3. The minimum absolute atomic E-state index is 0.182. The van der Waals surface area contributed by atoms with E-state index in [0.29, 0.717) is 12.3 Å². The van der Waals surface area contributed by atoms with Gasteiger partial charge in [0.1, 0.15) is 5.82 Å². The van der Waals surface area contributed by atoms with Crippen LogP contribution in [0.3, 0.4) is 0 Å². The summed E-state index contributed by atoms with van der Waals surface area (Å²) in [5, 5.41) is 0. The number of likely N-dealkylation sites (N-methyl/N-ethyl adjacent to an activating group) is 1. The third kappa shape index (κ3) is 5.13. The normalized spacial score (nSPS) is 15.2. The summed E-state index contributed by atoms with van der Waals surface area (Å²) in [6, 6.07) is 6.14. The summed E-state index contributed by atoms with van der Waals surface area (Å²) in [5.74, 6) is -0.745. The van der Waals surface area contributed by atoms with Gasteiger partial charge in [0.25, 0.3) is 5.91 Å². The molecule has 1 aromatic rings. The molecule has 1 fully saturated rings. The maximum atomic E-state index is 13.1. The zero-order valence-electron chi connectivity index (χ0n) is 13.0. The summed E-state index contributed by atoms with van der Waals surface area (Å²) >= 11 is 0. The minimum atomic E-state index is -0.433. The lowest BCUT2D eigenvalue weighted by molar-refractivity contribution is -0.154. The van der Waals surface area contributed by atoms with Crippen molar-refractivity contribution in [2.45, 2.75) is 26.2 Å². The molecule has 1 amide bonds. The van der Waals surface area contributed by atoms with E-state index >= 15 is 0 Å². The van der Waals surface area contributed by atoms with Crippen molar-refractivity contribution in [2.75, 3.05) is 20.2 Å². The number of rotatable bonds is 7. The van der Waals surface area contributed by atoms with Gasteiger partial charge in [-0.25, -0.2) is 4.39 Å². The first-order chi connectivity index (χ1) is 10.5. The Kier molecular flexibility index (Phi) is 5.52. The molecular weight excluding hydrogens is 285 g/mol. The summed E-state index contributed by atoms with van der Waals surface area (Å²) in [6.45, 7) is 2.22. The van der Waals surface area contributed by atoms with Crippen molar-refractivity contribution in [3.05, 3.63) is 35.6 Å². The molecule has 0 spiro atoms. The van der Waals surface area contributed by atoms with Gasteiger partial charge in [-0.2, -0.15) is 0 Å². The van der Waals surface area contributed by atoms with Crippen LogP contribution in [0.15, 0.2) is 24.3 Å². The molecule has 1 aromatic carbocycles. The molecule has 1 saturated carbocycles. The topological polar surface area (TPSA) is 46.6 Å². The lowest BCUT2D eigenvalue weighted by Gasteiger charge is -2.17. The van der Waals surface area contributed by atoms with E-state index in [0.717, 1.165) is 12.1 Å². The van der Waals surface area contributed by atoms with Crippen molar-refractivity contribution in [1.29, 1.82) is 0 Å². The van der Waals surface area contributed by atoms with Crippen molar-refractivity contribution in [3.63, 3.8) is 0 Å². The fraction of sp³-hybridized carbons (Fsp3) is 0.529. The number of esters is 1. The summed E-state index contributed by atoms with van der Waals surface area (Å²) in [7, 11) is 1.73. The van der Waals surface area contributed by atoms with Crippen molar-refractivity contribution >= 4 is 11.9 Å². The third-order valence-corrected chi connectivity index (χ3v) is 3.83. The number of halogens is 1. The van der Waals surface area contributed by atoms with E-state index < -0.39 is 11.9 Å². The van der Waals surface area contributed by atoms with Gasteiger partial charge in [-0.15, -0.1) is 0 Å². The number of nitrogens with zero attached hydrogens (tertiary/aromatic N) is 1. The van der Waals surface area contributed by atoms with Gasteiger partial charge in [-0.1, -0.05) is 19.1 Å². The van der Waals surface area contributed by atoms with Gasteiger partial charge in [0.05, 0.1) is 5.92 Å². The average Bonchev–Trinajstić information content (AvgIpc) is 3.28. The second kappa shape index (κ2) is 7.38. The highest BCUT2D eigenvalue weighted by Gasteiger charge is 2.25. The Morgan fingerprint density at radius 2 is 2.14 bits per heavy atom. The van der Waals surface area contributed by atoms with Crippen molar-refractivity contribution < 1.29 is 18.7 Å². The quantitative estimate of drug-likeness (QED) is 0.727.